The third kappa shape index (κ3) is 2.06. The van der Waals surface area contributed by atoms with Gasteiger partial charge in [-0.05, 0) is 25.8 Å². The Labute approximate surface area is 72.5 Å². The van der Waals surface area contributed by atoms with Gasteiger partial charge >= 0.3 is 0 Å². The van der Waals surface area contributed by atoms with E-state index < -0.39 is 0 Å². The van der Waals surface area contributed by atoms with Gasteiger partial charge in [0.05, 0.1) is 0 Å². The van der Waals surface area contributed by atoms with Crippen molar-refractivity contribution in [1.29, 1.82) is 0 Å². The van der Waals surface area contributed by atoms with Crippen LogP contribution >= 0.6 is 11.6 Å². The third-order valence-corrected chi connectivity index (χ3v) is 3.01. The van der Waals surface area contributed by atoms with Crippen LogP contribution in [0.4, 0.5) is 4.39 Å². The van der Waals surface area contributed by atoms with Crippen molar-refractivity contribution in [3.8, 4) is 0 Å². The average molecular weight is 180 g/mol. The summed E-state index contributed by atoms with van der Waals surface area (Å²) in [6.07, 6.45) is 1.13. The van der Waals surface area contributed by atoms with Gasteiger partial charge in [-0.2, -0.15) is 0 Å². The van der Waals surface area contributed by atoms with Crippen molar-refractivity contribution in [2.24, 2.45) is 5.92 Å². The minimum atomic E-state index is -0.237. The predicted octanol–water partition coefficient (Wildman–Crippen LogP) is 1.91. The van der Waals surface area contributed by atoms with Gasteiger partial charge in [0, 0.05) is 18.5 Å². The van der Waals surface area contributed by atoms with Crippen LogP contribution in [0.2, 0.25) is 0 Å². The van der Waals surface area contributed by atoms with Crippen molar-refractivity contribution in [1.82, 2.24) is 4.90 Å². The van der Waals surface area contributed by atoms with E-state index in [0.717, 1.165) is 13.0 Å². The molecule has 0 amide bonds. The lowest BCUT2D eigenvalue weighted by atomic mass is 10.1. The van der Waals surface area contributed by atoms with Gasteiger partial charge in [0.1, 0.15) is 6.67 Å². The second-order valence-corrected chi connectivity index (χ2v) is 3.48. The van der Waals surface area contributed by atoms with E-state index in [1.54, 1.807) is 0 Å². The average Bonchev–Trinajstić information content (AvgIpc) is 2.34. The second kappa shape index (κ2) is 4.27. The molecule has 1 saturated heterocycles. The highest BCUT2D eigenvalue weighted by atomic mass is 35.5. The van der Waals surface area contributed by atoms with E-state index in [-0.39, 0.29) is 6.67 Å². The summed E-state index contributed by atoms with van der Waals surface area (Å²) in [4.78, 5) is 2.17. The Morgan fingerprint density at radius 1 is 1.64 bits per heavy atom. The molecule has 1 nitrogen and oxygen atoms in total. The highest BCUT2D eigenvalue weighted by Gasteiger charge is 2.29. The van der Waals surface area contributed by atoms with Crippen molar-refractivity contribution in [2.75, 3.05) is 25.6 Å². The normalized spacial score (nSPS) is 33.0. The van der Waals surface area contributed by atoms with E-state index >= 15 is 0 Å². The molecule has 1 heterocycles. The van der Waals surface area contributed by atoms with Gasteiger partial charge in [-0.25, -0.2) is 4.39 Å². The molecule has 0 aromatic carbocycles. The fraction of sp³-hybridized carbons (Fsp3) is 1.00. The zero-order valence-corrected chi connectivity index (χ0v) is 7.65. The summed E-state index contributed by atoms with van der Waals surface area (Å²) in [7, 11) is 0. The fourth-order valence-electron chi connectivity index (χ4n) is 1.70. The van der Waals surface area contributed by atoms with E-state index in [1.807, 2.05) is 0 Å². The number of halogens is 2. The summed E-state index contributed by atoms with van der Waals surface area (Å²) in [6, 6.07) is 0.475. The third-order valence-electron chi connectivity index (χ3n) is 2.62. The molecule has 0 aromatic heterocycles. The SMILES string of the molecule is CC1C(CCl)CCN1CCF. The first-order valence-corrected chi connectivity index (χ1v) is 4.69. The molecule has 2 atom stereocenters. The highest BCUT2D eigenvalue weighted by Crippen LogP contribution is 2.24. The van der Waals surface area contributed by atoms with Crippen molar-refractivity contribution >= 4 is 11.6 Å². The molecule has 2 unspecified atom stereocenters. The lowest BCUT2D eigenvalue weighted by Crippen LogP contribution is -2.32. The Bertz CT molecular complexity index is 121. The van der Waals surface area contributed by atoms with Crippen LogP contribution in [0.1, 0.15) is 13.3 Å². The molecule has 66 valence electrons. The molecule has 1 aliphatic rings. The maximum atomic E-state index is 12.0. The molecule has 0 saturated carbocycles. The highest BCUT2D eigenvalue weighted by molar-refractivity contribution is 6.18. The van der Waals surface area contributed by atoms with E-state index in [4.69, 9.17) is 11.6 Å². The van der Waals surface area contributed by atoms with E-state index in [2.05, 4.69) is 11.8 Å². The van der Waals surface area contributed by atoms with Crippen LogP contribution in [0.25, 0.3) is 0 Å². The molecule has 1 fully saturated rings. The van der Waals surface area contributed by atoms with Crippen molar-refractivity contribution in [3.05, 3.63) is 0 Å². The van der Waals surface area contributed by atoms with Gasteiger partial charge in [0.25, 0.3) is 0 Å². The molecule has 0 spiro atoms. The molecule has 11 heavy (non-hydrogen) atoms. The summed E-state index contributed by atoms with van der Waals surface area (Å²) < 4.78 is 12.0. The summed E-state index contributed by atoms with van der Waals surface area (Å²) in [5, 5.41) is 0. The Morgan fingerprint density at radius 3 is 2.82 bits per heavy atom. The Hall–Kier alpha value is 0.180. The largest absolute Gasteiger partial charge is 0.298 e. The van der Waals surface area contributed by atoms with Gasteiger partial charge in [0.15, 0.2) is 0 Å². The lowest BCUT2D eigenvalue weighted by Gasteiger charge is -2.21. The van der Waals surface area contributed by atoms with E-state index in [0.29, 0.717) is 24.4 Å². The number of hydrogen-bond acceptors (Lipinski definition) is 1. The standard InChI is InChI=1S/C8H15ClFN/c1-7-8(6-9)2-4-11(7)5-3-10/h7-8H,2-6H2,1H3. The molecule has 0 aromatic rings. The first kappa shape index (κ1) is 9.27. The number of rotatable bonds is 3. The monoisotopic (exact) mass is 179 g/mol. The van der Waals surface area contributed by atoms with E-state index in [9.17, 15) is 4.39 Å². The number of likely N-dealkylation sites (tertiary alicyclic amines) is 1. The topological polar surface area (TPSA) is 3.24 Å². The molecular formula is C8H15ClFN. The van der Waals surface area contributed by atoms with Gasteiger partial charge < -0.3 is 0 Å². The molecule has 0 radical (unpaired) electrons. The first-order valence-electron chi connectivity index (χ1n) is 4.15. The van der Waals surface area contributed by atoms with Crippen LogP contribution in [-0.2, 0) is 0 Å². The second-order valence-electron chi connectivity index (χ2n) is 3.17. The van der Waals surface area contributed by atoms with Crippen LogP contribution < -0.4 is 0 Å². The van der Waals surface area contributed by atoms with Crippen molar-refractivity contribution in [2.45, 2.75) is 19.4 Å². The molecule has 1 aliphatic heterocycles. The van der Waals surface area contributed by atoms with Crippen LogP contribution in [0.3, 0.4) is 0 Å². The quantitative estimate of drug-likeness (QED) is 0.599. The Kier molecular flexibility index (Phi) is 3.60. The summed E-state index contributed by atoms with van der Waals surface area (Å²) >= 11 is 5.75. The zero-order chi connectivity index (χ0) is 8.27. The van der Waals surface area contributed by atoms with Gasteiger partial charge in [0.2, 0.25) is 0 Å². The molecule has 0 bridgehead atoms. The van der Waals surface area contributed by atoms with E-state index in [1.165, 1.54) is 0 Å². The van der Waals surface area contributed by atoms with Crippen LogP contribution in [0.15, 0.2) is 0 Å². The lowest BCUT2D eigenvalue weighted by molar-refractivity contribution is 0.227. The summed E-state index contributed by atoms with van der Waals surface area (Å²) in [5.41, 5.74) is 0. The predicted molar refractivity (Wildman–Crippen MR) is 45.8 cm³/mol. The van der Waals surface area contributed by atoms with Crippen LogP contribution in [0.5, 0.6) is 0 Å². The minimum absolute atomic E-state index is 0.237. The molecule has 0 aliphatic carbocycles. The Balaban J connectivity index is 2.35. The smallest absolute Gasteiger partial charge is 0.102 e. The first-order chi connectivity index (χ1) is 5.29. The number of hydrogen-bond donors (Lipinski definition) is 0. The van der Waals surface area contributed by atoms with Gasteiger partial charge in [-0.1, -0.05) is 0 Å². The minimum Gasteiger partial charge on any atom is -0.298 e. The molecule has 1 rings (SSSR count). The fourth-order valence-corrected chi connectivity index (χ4v) is 2.12. The van der Waals surface area contributed by atoms with Crippen LogP contribution in [-0.4, -0.2) is 36.6 Å². The van der Waals surface area contributed by atoms with Crippen molar-refractivity contribution in [3.63, 3.8) is 0 Å². The molecule has 0 N–H and O–H groups in total. The summed E-state index contributed by atoms with van der Waals surface area (Å²) in [5.74, 6) is 1.28. The number of nitrogens with zero attached hydrogens (tertiary/aromatic N) is 1. The maximum Gasteiger partial charge on any atom is 0.102 e. The van der Waals surface area contributed by atoms with Gasteiger partial charge in [-0.15, -0.1) is 11.6 Å². The van der Waals surface area contributed by atoms with Crippen LogP contribution in [0, 0.1) is 5.92 Å². The van der Waals surface area contributed by atoms with Crippen molar-refractivity contribution < 1.29 is 4.39 Å². The maximum absolute atomic E-state index is 12.0. The number of alkyl halides is 2. The summed E-state index contributed by atoms with van der Waals surface area (Å²) in [6.45, 7) is 3.49. The van der Waals surface area contributed by atoms with Gasteiger partial charge in [-0.3, -0.25) is 4.90 Å². The molecular weight excluding hydrogens is 165 g/mol. The zero-order valence-electron chi connectivity index (χ0n) is 6.89. The Morgan fingerprint density at radius 2 is 2.36 bits per heavy atom. The molecule has 3 heteroatoms.